The SMILES string of the molecule is COc1ccccc1CNC(=O)CN1CC(C)NC(C)C1.Cl. The highest BCUT2D eigenvalue weighted by molar-refractivity contribution is 5.85. The fourth-order valence-corrected chi connectivity index (χ4v) is 2.87. The Balaban J connectivity index is 0.00000242. The lowest BCUT2D eigenvalue weighted by Crippen LogP contribution is -2.56. The second kappa shape index (κ2) is 8.98. The van der Waals surface area contributed by atoms with E-state index in [1.807, 2.05) is 24.3 Å². The number of hydrogen-bond acceptors (Lipinski definition) is 4. The topological polar surface area (TPSA) is 53.6 Å². The molecule has 5 nitrogen and oxygen atoms in total. The fourth-order valence-electron chi connectivity index (χ4n) is 2.87. The van der Waals surface area contributed by atoms with E-state index in [1.54, 1.807) is 7.11 Å². The summed E-state index contributed by atoms with van der Waals surface area (Å²) in [6.45, 7) is 7.06. The molecule has 1 heterocycles. The van der Waals surface area contributed by atoms with Gasteiger partial charge in [-0.05, 0) is 19.9 Å². The first-order valence-corrected chi connectivity index (χ1v) is 7.45. The number of benzene rings is 1. The van der Waals surface area contributed by atoms with E-state index in [1.165, 1.54) is 0 Å². The van der Waals surface area contributed by atoms with Gasteiger partial charge in [0.1, 0.15) is 5.75 Å². The third-order valence-electron chi connectivity index (χ3n) is 3.67. The molecule has 2 rings (SSSR count). The smallest absolute Gasteiger partial charge is 0.234 e. The minimum atomic E-state index is 0. The van der Waals surface area contributed by atoms with Crippen LogP contribution in [0.4, 0.5) is 0 Å². The van der Waals surface area contributed by atoms with Crippen LogP contribution in [0.2, 0.25) is 0 Å². The van der Waals surface area contributed by atoms with Crippen LogP contribution in [0.5, 0.6) is 5.75 Å². The number of amides is 1. The van der Waals surface area contributed by atoms with Crippen LogP contribution in [0.1, 0.15) is 19.4 Å². The Morgan fingerprint density at radius 2 is 1.95 bits per heavy atom. The summed E-state index contributed by atoms with van der Waals surface area (Å²) in [6.07, 6.45) is 0. The predicted octanol–water partition coefficient (Wildman–Crippen LogP) is 1.42. The molecule has 0 radical (unpaired) electrons. The van der Waals surface area contributed by atoms with E-state index in [0.29, 0.717) is 25.2 Å². The maximum absolute atomic E-state index is 12.1. The van der Waals surface area contributed by atoms with Crippen molar-refractivity contribution >= 4 is 18.3 Å². The van der Waals surface area contributed by atoms with Gasteiger partial charge in [-0.3, -0.25) is 9.69 Å². The fraction of sp³-hybridized carbons (Fsp3) is 0.562. The second-order valence-corrected chi connectivity index (χ2v) is 5.75. The van der Waals surface area contributed by atoms with E-state index in [0.717, 1.165) is 24.4 Å². The van der Waals surface area contributed by atoms with E-state index >= 15 is 0 Å². The molecule has 1 amide bonds. The first kappa shape index (κ1) is 18.7. The van der Waals surface area contributed by atoms with Crippen LogP contribution < -0.4 is 15.4 Å². The quantitative estimate of drug-likeness (QED) is 0.858. The molecule has 124 valence electrons. The third-order valence-corrected chi connectivity index (χ3v) is 3.67. The number of carbonyl (C=O) groups excluding carboxylic acids is 1. The van der Waals surface area contributed by atoms with E-state index in [4.69, 9.17) is 4.74 Å². The van der Waals surface area contributed by atoms with Crippen LogP contribution in [-0.2, 0) is 11.3 Å². The van der Waals surface area contributed by atoms with E-state index < -0.39 is 0 Å². The Kier molecular flexibility index (Phi) is 7.65. The van der Waals surface area contributed by atoms with Gasteiger partial charge >= 0.3 is 0 Å². The highest BCUT2D eigenvalue weighted by Crippen LogP contribution is 2.16. The third kappa shape index (κ3) is 5.48. The molecule has 0 saturated carbocycles. The number of nitrogens with zero attached hydrogens (tertiary/aromatic N) is 1. The van der Waals surface area contributed by atoms with Crippen molar-refractivity contribution < 1.29 is 9.53 Å². The van der Waals surface area contributed by atoms with Gasteiger partial charge in [-0.15, -0.1) is 12.4 Å². The van der Waals surface area contributed by atoms with Crippen LogP contribution in [0.15, 0.2) is 24.3 Å². The molecular weight excluding hydrogens is 302 g/mol. The number of nitrogens with one attached hydrogen (secondary N) is 2. The Hall–Kier alpha value is -1.30. The summed E-state index contributed by atoms with van der Waals surface area (Å²) >= 11 is 0. The minimum absolute atomic E-state index is 0. The van der Waals surface area contributed by atoms with Crippen molar-refractivity contribution in [3.63, 3.8) is 0 Å². The molecule has 0 spiro atoms. The lowest BCUT2D eigenvalue weighted by atomic mass is 10.1. The summed E-state index contributed by atoms with van der Waals surface area (Å²) in [5.74, 6) is 0.865. The molecule has 6 heteroatoms. The second-order valence-electron chi connectivity index (χ2n) is 5.75. The zero-order valence-corrected chi connectivity index (χ0v) is 14.3. The molecule has 2 N–H and O–H groups in total. The molecule has 0 bridgehead atoms. The summed E-state index contributed by atoms with van der Waals surface area (Å²) in [4.78, 5) is 14.3. The molecule has 1 fully saturated rings. The number of halogens is 1. The van der Waals surface area contributed by atoms with E-state index in [9.17, 15) is 4.79 Å². The summed E-state index contributed by atoms with van der Waals surface area (Å²) in [6, 6.07) is 8.60. The van der Waals surface area contributed by atoms with Crippen LogP contribution in [0.3, 0.4) is 0 Å². The zero-order chi connectivity index (χ0) is 15.2. The van der Waals surface area contributed by atoms with Crippen molar-refractivity contribution in [1.82, 2.24) is 15.5 Å². The van der Waals surface area contributed by atoms with Gasteiger partial charge in [-0.1, -0.05) is 18.2 Å². The number of methoxy groups -OCH3 is 1. The van der Waals surface area contributed by atoms with Gasteiger partial charge in [0.15, 0.2) is 0 Å². The van der Waals surface area contributed by atoms with Gasteiger partial charge in [0.25, 0.3) is 0 Å². The van der Waals surface area contributed by atoms with Gasteiger partial charge in [0.05, 0.1) is 13.7 Å². The Morgan fingerprint density at radius 1 is 1.32 bits per heavy atom. The van der Waals surface area contributed by atoms with Crippen molar-refractivity contribution in [1.29, 1.82) is 0 Å². The molecule has 1 aliphatic heterocycles. The molecule has 0 aromatic heterocycles. The molecule has 1 aromatic rings. The van der Waals surface area contributed by atoms with Crippen molar-refractivity contribution in [3.05, 3.63) is 29.8 Å². The molecule has 22 heavy (non-hydrogen) atoms. The Morgan fingerprint density at radius 3 is 2.59 bits per heavy atom. The van der Waals surface area contributed by atoms with Crippen LogP contribution >= 0.6 is 12.4 Å². The van der Waals surface area contributed by atoms with Crippen LogP contribution in [-0.4, -0.2) is 49.6 Å². The van der Waals surface area contributed by atoms with Crippen molar-refractivity contribution in [2.45, 2.75) is 32.5 Å². The monoisotopic (exact) mass is 327 g/mol. The molecular formula is C16H26ClN3O2. The zero-order valence-electron chi connectivity index (χ0n) is 13.5. The van der Waals surface area contributed by atoms with Crippen LogP contribution in [0.25, 0.3) is 0 Å². The first-order chi connectivity index (χ1) is 10.1. The average Bonchev–Trinajstić information content (AvgIpc) is 2.44. The van der Waals surface area contributed by atoms with Crippen LogP contribution in [0, 0.1) is 0 Å². The highest BCUT2D eigenvalue weighted by atomic mass is 35.5. The standard InChI is InChI=1S/C16H25N3O2.ClH/c1-12-9-19(10-13(2)18-12)11-16(20)17-8-14-6-4-5-7-15(14)21-3;/h4-7,12-13,18H,8-11H2,1-3H3,(H,17,20);1H. The number of hydrogen-bond donors (Lipinski definition) is 2. The van der Waals surface area contributed by atoms with E-state index in [-0.39, 0.29) is 18.3 Å². The van der Waals surface area contributed by atoms with E-state index in [2.05, 4.69) is 29.4 Å². The summed E-state index contributed by atoms with van der Waals surface area (Å²) in [5, 5.41) is 6.44. The maximum Gasteiger partial charge on any atom is 0.234 e. The largest absolute Gasteiger partial charge is 0.496 e. The predicted molar refractivity (Wildman–Crippen MR) is 90.6 cm³/mol. The van der Waals surface area contributed by atoms with Gasteiger partial charge in [-0.25, -0.2) is 0 Å². The number of para-hydroxylation sites is 1. The molecule has 1 aliphatic rings. The number of piperazine rings is 1. The summed E-state index contributed by atoms with van der Waals surface area (Å²) in [7, 11) is 1.64. The molecule has 1 saturated heterocycles. The van der Waals surface area contributed by atoms with Crippen molar-refractivity contribution in [2.75, 3.05) is 26.7 Å². The van der Waals surface area contributed by atoms with Gasteiger partial charge < -0.3 is 15.4 Å². The van der Waals surface area contributed by atoms with Gasteiger partial charge in [-0.2, -0.15) is 0 Å². The maximum atomic E-state index is 12.1. The van der Waals surface area contributed by atoms with Crippen molar-refractivity contribution in [2.24, 2.45) is 0 Å². The molecule has 0 aliphatic carbocycles. The van der Waals surface area contributed by atoms with Crippen molar-refractivity contribution in [3.8, 4) is 5.75 Å². The molecule has 2 atom stereocenters. The highest BCUT2D eigenvalue weighted by Gasteiger charge is 2.22. The minimum Gasteiger partial charge on any atom is -0.496 e. The number of rotatable bonds is 5. The first-order valence-electron chi connectivity index (χ1n) is 7.45. The number of ether oxygens (including phenoxy) is 1. The average molecular weight is 328 g/mol. The Labute approximate surface area is 138 Å². The van der Waals surface area contributed by atoms with Gasteiger partial charge in [0.2, 0.25) is 5.91 Å². The Bertz CT molecular complexity index is 474. The van der Waals surface area contributed by atoms with Gasteiger partial charge in [0, 0.05) is 37.3 Å². The summed E-state index contributed by atoms with van der Waals surface area (Å²) < 4.78 is 5.29. The lowest BCUT2D eigenvalue weighted by Gasteiger charge is -2.35. The lowest BCUT2D eigenvalue weighted by molar-refractivity contribution is -0.122. The normalized spacial score (nSPS) is 21.8. The molecule has 1 aromatic carbocycles. The molecule has 2 unspecified atom stereocenters. The summed E-state index contributed by atoms with van der Waals surface area (Å²) in [5.41, 5.74) is 0.996. The number of carbonyl (C=O) groups is 1.